The third kappa shape index (κ3) is 6.38. The van der Waals surface area contributed by atoms with Crippen molar-refractivity contribution in [2.45, 2.75) is 57.7 Å². The third-order valence-corrected chi connectivity index (χ3v) is 7.45. The molecule has 0 aliphatic heterocycles. The zero-order valence-electron chi connectivity index (χ0n) is 21.3. The van der Waals surface area contributed by atoms with E-state index in [4.69, 9.17) is 15.2 Å². The van der Waals surface area contributed by atoms with Crippen molar-refractivity contribution < 1.29 is 36.5 Å². The molecule has 2 aromatic carbocycles. The summed E-state index contributed by atoms with van der Waals surface area (Å²) in [4.78, 5) is 0. The first-order valence-corrected chi connectivity index (χ1v) is 12.6. The number of nitrogens with two attached hydrogens (primary N) is 1. The lowest BCUT2D eigenvalue weighted by Crippen LogP contribution is -2.35. The molecule has 2 unspecified atom stereocenters. The Balaban J connectivity index is 1.46. The lowest BCUT2D eigenvalue weighted by atomic mass is 9.96. The molecular formula is C29H32F5NO3. The summed E-state index contributed by atoms with van der Waals surface area (Å²) in [6.07, 6.45) is -0.573. The summed E-state index contributed by atoms with van der Waals surface area (Å²) in [5.74, 6) is 0.509. The molecule has 0 bridgehead atoms. The van der Waals surface area contributed by atoms with Crippen molar-refractivity contribution in [1.29, 1.82) is 0 Å². The molecule has 2 aromatic rings. The van der Waals surface area contributed by atoms with Gasteiger partial charge in [0, 0.05) is 12.0 Å². The highest BCUT2D eigenvalue weighted by Gasteiger charge is 2.46. The SMILES string of the molecule is CC(F)C(C)(O)CCOc1ccc(-c2cc(COC/C=C3/C[C@H]4C[C@H]4/C3=C/N)c(F)cc2C(F)(F)F)cc1. The first-order valence-electron chi connectivity index (χ1n) is 12.6. The Morgan fingerprint density at radius 3 is 2.53 bits per heavy atom. The minimum atomic E-state index is -4.77. The Morgan fingerprint density at radius 1 is 1.18 bits per heavy atom. The summed E-state index contributed by atoms with van der Waals surface area (Å²) in [6.45, 7) is 2.64. The molecule has 9 heteroatoms. The highest BCUT2D eigenvalue weighted by molar-refractivity contribution is 5.69. The largest absolute Gasteiger partial charge is 0.493 e. The van der Waals surface area contributed by atoms with Crippen molar-refractivity contribution in [1.82, 2.24) is 0 Å². The molecule has 0 saturated heterocycles. The maximum absolute atomic E-state index is 14.6. The van der Waals surface area contributed by atoms with Gasteiger partial charge in [0.05, 0.1) is 31.0 Å². The number of benzene rings is 2. The fraction of sp³-hybridized carbons (Fsp3) is 0.448. The summed E-state index contributed by atoms with van der Waals surface area (Å²) < 4.78 is 80.4. The molecule has 0 heterocycles. The maximum atomic E-state index is 14.6. The second-order valence-corrected chi connectivity index (χ2v) is 10.3. The van der Waals surface area contributed by atoms with Crippen LogP contribution in [0.4, 0.5) is 22.0 Å². The van der Waals surface area contributed by atoms with Gasteiger partial charge in [-0.25, -0.2) is 8.78 Å². The molecule has 38 heavy (non-hydrogen) atoms. The average molecular weight is 538 g/mol. The van der Waals surface area contributed by atoms with Gasteiger partial charge in [0.1, 0.15) is 17.7 Å². The summed E-state index contributed by atoms with van der Waals surface area (Å²) in [7, 11) is 0. The molecule has 4 rings (SSSR count). The van der Waals surface area contributed by atoms with E-state index >= 15 is 0 Å². The summed E-state index contributed by atoms with van der Waals surface area (Å²) in [6, 6.07) is 7.49. The topological polar surface area (TPSA) is 64.7 Å². The molecule has 0 aromatic heterocycles. The van der Waals surface area contributed by atoms with Crippen LogP contribution in [0.3, 0.4) is 0 Å². The molecule has 4 nitrogen and oxygen atoms in total. The molecule has 0 spiro atoms. The van der Waals surface area contributed by atoms with E-state index in [0.29, 0.717) is 23.7 Å². The number of allylic oxidation sites excluding steroid dienone is 2. The number of aliphatic hydroxyl groups is 1. The van der Waals surface area contributed by atoms with Crippen LogP contribution in [0.15, 0.2) is 59.8 Å². The van der Waals surface area contributed by atoms with Gasteiger partial charge in [-0.1, -0.05) is 18.2 Å². The summed E-state index contributed by atoms with van der Waals surface area (Å²) >= 11 is 0. The van der Waals surface area contributed by atoms with Gasteiger partial charge >= 0.3 is 6.18 Å². The van der Waals surface area contributed by atoms with Gasteiger partial charge in [0.25, 0.3) is 0 Å². The first kappa shape index (κ1) is 28.1. The molecule has 0 radical (unpaired) electrons. The predicted molar refractivity (Wildman–Crippen MR) is 134 cm³/mol. The third-order valence-electron chi connectivity index (χ3n) is 7.45. The lowest BCUT2D eigenvalue weighted by Gasteiger charge is -2.24. The normalized spacial score (nSPS) is 23.4. The Hall–Kier alpha value is -2.91. The quantitative estimate of drug-likeness (QED) is 0.261. The Labute approximate surface area is 218 Å². The van der Waals surface area contributed by atoms with Gasteiger partial charge in [0.2, 0.25) is 0 Å². The second-order valence-electron chi connectivity index (χ2n) is 10.3. The van der Waals surface area contributed by atoms with E-state index in [1.165, 1.54) is 38.1 Å². The monoisotopic (exact) mass is 537 g/mol. The minimum absolute atomic E-state index is 0.0122. The van der Waals surface area contributed by atoms with Gasteiger partial charge in [0.15, 0.2) is 0 Å². The van der Waals surface area contributed by atoms with E-state index in [2.05, 4.69) is 0 Å². The van der Waals surface area contributed by atoms with Crippen LogP contribution in [0.5, 0.6) is 5.75 Å². The van der Waals surface area contributed by atoms with Crippen molar-refractivity contribution in [3.63, 3.8) is 0 Å². The molecular weight excluding hydrogens is 505 g/mol. The van der Waals surface area contributed by atoms with E-state index in [1.54, 1.807) is 6.20 Å². The van der Waals surface area contributed by atoms with Crippen LogP contribution >= 0.6 is 0 Å². The van der Waals surface area contributed by atoms with Crippen LogP contribution in [0, 0.1) is 17.7 Å². The molecule has 2 saturated carbocycles. The highest BCUT2D eigenvalue weighted by atomic mass is 19.4. The molecule has 2 aliphatic rings. The Kier molecular flexibility index (Phi) is 8.18. The number of alkyl halides is 4. The number of halogens is 5. The maximum Gasteiger partial charge on any atom is 0.417 e. The Morgan fingerprint density at radius 2 is 1.89 bits per heavy atom. The van der Waals surface area contributed by atoms with Crippen LogP contribution in [-0.2, 0) is 17.5 Å². The smallest absolute Gasteiger partial charge is 0.417 e. The van der Waals surface area contributed by atoms with E-state index in [9.17, 15) is 27.1 Å². The number of hydrogen-bond acceptors (Lipinski definition) is 4. The number of fused-ring (bicyclic) bond motifs is 1. The molecule has 4 atom stereocenters. The molecule has 206 valence electrons. The van der Waals surface area contributed by atoms with Gasteiger partial charge in [-0.3, -0.25) is 0 Å². The molecule has 3 N–H and O–H groups in total. The zero-order chi connectivity index (χ0) is 27.7. The van der Waals surface area contributed by atoms with Gasteiger partial charge in [-0.05, 0) is 91.3 Å². The fourth-order valence-corrected chi connectivity index (χ4v) is 4.76. The van der Waals surface area contributed by atoms with Gasteiger partial charge in [-0.15, -0.1) is 0 Å². The highest BCUT2D eigenvalue weighted by Crippen LogP contribution is 2.57. The molecule has 2 fully saturated rings. The van der Waals surface area contributed by atoms with E-state index < -0.39 is 29.3 Å². The van der Waals surface area contributed by atoms with Crippen LogP contribution in [0.2, 0.25) is 0 Å². The number of rotatable bonds is 10. The predicted octanol–water partition coefficient (Wildman–Crippen LogP) is 6.71. The van der Waals surface area contributed by atoms with Crippen LogP contribution < -0.4 is 10.5 Å². The average Bonchev–Trinajstić information content (AvgIpc) is 3.52. The van der Waals surface area contributed by atoms with E-state index in [1.807, 2.05) is 6.08 Å². The van der Waals surface area contributed by atoms with Gasteiger partial charge < -0.3 is 20.3 Å². The first-order chi connectivity index (χ1) is 17.9. The van der Waals surface area contributed by atoms with Crippen molar-refractivity contribution in [3.05, 3.63) is 76.8 Å². The lowest BCUT2D eigenvalue weighted by molar-refractivity contribution is -0.137. The number of hydrogen-bond donors (Lipinski definition) is 2. The Bertz CT molecular complexity index is 1200. The standard InChI is InChI=1S/C29H32F5NO3/c1-17(30)28(2,36)8-10-38-22-5-3-18(4-6-22)24-13-21(27(31)14-26(24)29(32,33)34)16-37-9-7-19-11-20-12-23(20)25(19)15-35/h3-7,13-15,17,20,23,36H,8-12,16,35H2,1-2H3/b19-7-,25-15+/t17?,20-,23+,28?/m0/s1. The minimum Gasteiger partial charge on any atom is -0.493 e. The number of ether oxygens (including phenoxy) is 2. The van der Waals surface area contributed by atoms with Crippen molar-refractivity contribution >= 4 is 0 Å². The van der Waals surface area contributed by atoms with Crippen LogP contribution in [0.25, 0.3) is 11.1 Å². The molecule has 2 aliphatic carbocycles. The van der Waals surface area contributed by atoms with E-state index in [0.717, 1.165) is 30.1 Å². The van der Waals surface area contributed by atoms with Gasteiger partial charge in [-0.2, -0.15) is 13.2 Å². The van der Waals surface area contributed by atoms with Crippen molar-refractivity contribution in [2.75, 3.05) is 13.2 Å². The molecule has 0 amide bonds. The van der Waals surface area contributed by atoms with Crippen molar-refractivity contribution in [2.24, 2.45) is 17.6 Å². The summed E-state index contributed by atoms with van der Waals surface area (Å²) in [5, 5.41) is 9.97. The van der Waals surface area contributed by atoms with Crippen LogP contribution in [-0.4, -0.2) is 30.1 Å². The van der Waals surface area contributed by atoms with E-state index in [-0.39, 0.29) is 42.9 Å². The fourth-order valence-electron chi connectivity index (χ4n) is 4.76. The second kappa shape index (κ2) is 11.1. The van der Waals surface area contributed by atoms with Crippen LogP contribution in [0.1, 0.15) is 44.2 Å². The summed E-state index contributed by atoms with van der Waals surface area (Å²) in [5.41, 5.74) is 5.37. The van der Waals surface area contributed by atoms with Crippen molar-refractivity contribution in [3.8, 4) is 16.9 Å². The zero-order valence-corrected chi connectivity index (χ0v) is 21.3.